The molecule has 0 spiro atoms. The summed E-state index contributed by atoms with van der Waals surface area (Å²) in [6.07, 6.45) is 1.22. The molecule has 1 N–H and O–H groups in total. The number of benzene rings is 2. The van der Waals surface area contributed by atoms with Crippen LogP contribution in [0.25, 0.3) is 0 Å². The molecular weight excluding hydrogens is 390 g/mol. The molecule has 1 unspecified atom stereocenters. The van der Waals surface area contributed by atoms with Crippen LogP contribution in [0.3, 0.4) is 0 Å². The molecule has 0 aliphatic rings. The number of thioether (sulfide) groups is 1. The van der Waals surface area contributed by atoms with Crippen LogP contribution in [0, 0.1) is 5.92 Å². The highest BCUT2D eigenvalue weighted by Crippen LogP contribution is 2.24. The van der Waals surface area contributed by atoms with Crippen LogP contribution in [0.1, 0.15) is 18.9 Å². The highest BCUT2D eigenvalue weighted by molar-refractivity contribution is 8.13. The van der Waals surface area contributed by atoms with Gasteiger partial charge in [0.1, 0.15) is 12.3 Å². The van der Waals surface area contributed by atoms with Crippen molar-refractivity contribution in [2.24, 2.45) is 5.92 Å². The molecule has 0 aliphatic heterocycles. The summed E-state index contributed by atoms with van der Waals surface area (Å²) in [7, 11) is 1.26. The molecule has 6 nitrogen and oxygen atoms in total. The van der Waals surface area contributed by atoms with Gasteiger partial charge >= 0.3 is 5.97 Å². The first-order valence-electron chi connectivity index (χ1n) is 9.25. The minimum Gasteiger partial charge on any atom is -0.508 e. The fourth-order valence-corrected chi connectivity index (χ4v) is 3.57. The Hall–Kier alpha value is -2.80. The Morgan fingerprint density at radius 3 is 2.31 bits per heavy atom. The molecule has 0 saturated carbocycles. The second-order valence-corrected chi connectivity index (χ2v) is 7.74. The SMILES string of the molecule is COC(=O)CN(C(=O)C(CCc1ccccc1)CSC(C)=O)c1ccc(O)cc1. The lowest BCUT2D eigenvalue weighted by Crippen LogP contribution is -2.41. The van der Waals surface area contributed by atoms with Crippen molar-refractivity contribution in [3.8, 4) is 5.75 Å². The third kappa shape index (κ3) is 7.27. The van der Waals surface area contributed by atoms with Crippen molar-refractivity contribution in [3.05, 3.63) is 60.2 Å². The lowest BCUT2D eigenvalue weighted by Gasteiger charge is -2.26. The minimum absolute atomic E-state index is 0.0620. The maximum absolute atomic E-state index is 13.3. The van der Waals surface area contributed by atoms with Crippen molar-refractivity contribution in [3.63, 3.8) is 0 Å². The monoisotopic (exact) mass is 415 g/mol. The van der Waals surface area contributed by atoms with Gasteiger partial charge in [-0.15, -0.1) is 0 Å². The molecule has 154 valence electrons. The smallest absolute Gasteiger partial charge is 0.325 e. The predicted octanol–water partition coefficient (Wildman–Crippen LogP) is 3.43. The van der Waals surface area contributed by atoms with Crippen LogP contribution >= 0.6 is 11.8 Å². The zero-order chi connectivity index (χ0) is 21.2. The van der Waals surface area contributed by atoms with Crippen molar-refractivity contribution < 1.29 is 24.2 Å². The number of aromatic hydroxyl groups is 1. The van der Waals surface area contributed by atoms with Gasteiger partial charge in [-0.05, 0) is 42.7 Å². The van der Waals surface area contributed by atoms with Gasteiger partial charge in [-0.2, -0.15) is 0 Å². The van der Waals surface area contributed by atoms with Crippen LogP contribution in [0.4, 0.5) is 5.69 Å². The van der Waals surface area contributed by atoms with E-state index in [-0.39, 0.29) is 23.3 Å². The van der Waals surface area contributed by atoms with Crippen molar-refractivity contribution in [1.29, 1.82) is 0 Å². The maximum Gasteiger partial charge on any atom is 0.325 e. The number of methoxy groups -OCH3 is 1. The van der Waals surface area contributed by atoms with Crippen molar-refractivity contribution in [2.75, 3.05) is 24.3 Å². The van der Waals surface area contributed by atoms with Crippen LogP contribution in [0.2, 0.25) is 0 Å². The van der Waals surface area contributed by atoms with Crippen molar-refractivity contribution in [1.82, 2.24) is 0 Å². The van der Waals surface area contributed by atoms with Gasteiger partial charge in [0.2, 0.25) is 5.91 Å². The first-order chi connectivity index (χ1) is 13.9. The second-order valence-electron chi connectivity index (χ2n) is 6.54. The molecule has 7 heteroatoms. The van der Waals surface area contributed by atoms with E-state index in [0.29, 0.717) is 24.3 Å². The van der Waals surface area contributed by atoms with E-state index in [1.165, 1.54) is 31.1 Å². The van der Waals surface area contributed by atoms with Gasteiger partial charge in [-0.3, -0.25) is 14.4 Å². The van der Waals surface area contributed by atoms with Gasteiger partial charge < -0.3 is 14.7 Å². The van der Waals surface area contributed by atoms with E-state index >= 15 is 0 Å². The summed E-state index contributed by atoms with van der Waals surface area (Å²) in [5.74, 6) is -0.871. The Morgan fingerprint density at radius 1 is 1.07 bits per heavy atom. The van der Waals surface area contributed by atoms with Crippen LogP contribution < -0.4 is 4.90 Å². The second kappa shape index (κ2) is 11.3. The van der Waals surface area contributed by atoms with E-state index in [4.69, 9.17) is 4.74 Å². The summed E-state index contributed by atoms with van der Waals surface area (Å²) in [5, 5.41) is 9.47. The molecular formula is C22H25NO5S. The van der Waals surface area contributed by atoms with E-state index < -0.39 is 11.9 Å². The quantitative estimate of drug-likeness (QED) is 0.632. The van der Waals surface area contributed by atoms with E-state index in [1.54, 1.807) is 12.1 Å². The van der Waals surface area contributed by atoms with Crippen LogP contribution in [0.15, 0.2) is 54.6 Å². The van der Waals surface area contributed by atoms with Gasteiger partial charge in [0.25, 0.3) is 0 Å². The van der Waals surface area contributed by atoms with Crippen LogP contribution in [-0.2, 0) is 25.5 Å². The zero-order valence-electron chi connectivity index (χ0n) is 16.5. The van der Waals surface area contributed by atoms with Gasteiger partial charge in [0.05, 0.1) is 7.11 Å². The molecule has 29 heavy (non-hydrogen) atoms. The number of hydrogen-bond donors (Lipinski definition) is 1. The third-order valence-electron chi connectivity index (χ3n) is 4.40. The summed E-state index contributed by atoms with van der Waals surface area (Å²) in [4.78, 5) is 38.1. The van der Waals surface area contributed by atoms with E-state index in [9.17, 15) is 19.5 Å². The number of aryl methyl sites for hydroxylation is 1. The van der Waals surface area contributed by atoms with Gasteiger partial charge in [-0.1, -0.05) is 42.1 Å². The number of ether oxygens (including phenoxy) is 1. The Kier molecular flexibility index (Phi) is 8.73. The Bertz CT molecular complexity index is 823. The van der Waals surface area contributed by atoms with Crippen molar-refractivity contribution in [2.45, 2.75) is 19.8 Å². The number of amides is 1. The van der Waals surface area contributed by atoms with Gasteiger partial charge in [0, 0.05) is 24.3 Å². The molecule has 0 aliphatic carbocycles. The number of carbonyl (C=O) groups is 3. The number of nitrogens with zero attached hydrogens (tertiary/aromatic N) is 1. The molecule has 1 amide bonds. The molecule has 0 aromatic heterocycles. The van der Waals surface area contributed by atoms with E-state index in [1.807, 2.05) is 30.3 Å². The van der Waals surface area contributed by atoms with Gasteiger partial charge in [0.15, 0.2) is 5.12 Å². The van der Waals surface area contributed by atoms with Crippen molar-refractivity contribution >= 4 is 34.4 Å². The predicted molar refractivity (Wildman–Crippen MR) is 114 cm³/mol. The molecule has 2 aromatic rings. The lowest BCUT2D eigenvalue weighted by atomic mass is 9.99. The Balaban J connectivity index is 2.24. The fraction of sp³-hybridized carbons (Fsp3) is 0.318. The largest absolute Gasteiger partial charge is 0.508 e. The number of rotatable bonds is 9. The average molecular weight is 416 g/mol. The summed E-state index contributed by atoms with van der Waals surface area (Å²) < 4.78 is 4.74. The van der Waals surface area contributed by atoms with Crippen LogP contribution in [0.5, 0.6) is 5.75 Å². The topological polar surface area (TPSA) is 83.9 Å². The number of phenols is 1. The highest BCUT2D eigenvalue weighted by atomic mass is 32.2. The summed E-state index contributed by atoms with van der Waals surface area (Å²) >= 11 is 1.10. The number of esters is 1. The molecule has 2 aromatic carbocycles. The number of phenolic OH excluding ortho intramolecular Hbond substituents is 1. The highest BCUT2D eigenvalue weighted by Gasteiger charge is 2.28. The molecule has 0 bridgehead atoms. The first kappa shape index (κ1) is 22.5. The fourth-order valence-electron chi connectivity index (χ4n) is 2.82. The standard InChI is InChI=1S/C22H25NO5S/c1-16(24)29-15-18(9-8-17-6-4-3-5-7-17)22(27)23(14-21(26)28-2)19-10-12-20(25)13-11-19/h3-7,10-13,18,25H,8-9,14-15H2,1-2H3. The molecule has 1 atom stereocenters. The number of carbonyl (C=O) groups excluding carboxylic acids is 3. The van der Waals surface area contributed by atoms with E-state index in [0.717, 1.165) is 17.3 Å². The zero-order valence-corrected chi connectivity index (χ0v) is 17.4. The molecule has 2 rings (SSSR count). The maximum atomic E-state index is 13.3. The summed E-state index contributed by atoms with van der Waals surface area (Å²) in [5.41, 5.74) is 1.58. The molecule has 0 radical (unpaired) electrons. The third-order valence-corrected chi connectivity index (χ3v) is 5.38. The normalized spacial score (nSPS) is 11.5. The molecule has 0 fully saturated rings. The average Bonchev–Trinajstić information content (AvgIpc) is 2.72. The molecule has 0 saturated heterocycles. The lowest BCUT2D eigenvalue weighted by molar-refractivity contribution is -0.140. The Labute approximate surface area is 174 Å². The minimum atomic E-state index is -0.549. The summed E-state index contributed by atoms with van der Waals surface area (Å²) in [6, 6.07) is 15.8. The molecule has 0 heterocycles. The number of hydrogen-bond acceptors (Lipinski definition) is 6. The first-order valence-corrected chi connectivity index (χ1v) is 10.2. The Morgan fingerprint density at radius 2 is 1.72 bits per heavy atom. The van der Waals surface area contributed by atoms with Gasteiger partial charge in [-0.25, -0.2) is 0 Å². The number of anilines is 1. The van der Waals surface area contributed by atoms with Crippen LogP contribution in [-0.4, -0.2) is 41.5 Å². The summed E-state index contributed by atoms with van der Waals surface area (Å²) in [6.45, 7) is 1.22. The van der Waals surface area contributed by atoms with E-state index in [2.05, 4.69) is 0 Å².